The maximum absolute atomic E-state index is 12.1. The Kier molecular flexibility index (Phi) is 1.70. The third kappa shape index (κ3) is 1.00. The number of hydrogen-bond donors (Lipinski definition) is 0. The first-order chi connectivity index (χ1) is 8.32. The minimum absolute atomic E-state index is 0.0770. The molecule has 3 nitrogen and oxygen atoms in total. The molecular weight excluding hydrogens is 214 g/mol. The van der Waals surface area contributed by atoms with Gasteiger partial charge in [-0.2, -0.15) is 0 Å². The van der Waals surface area contributed by atoms with Crippen LogP contribution < -0.4 is 0 Å². The average Bonchev–Trinajstić information content (AvgIpc) is 2.90. The first-order valence-electron chi connectivity index (χ1n) is 6.41. The number of rotatable bonds is 0. The van der Waals surface area contributed by atoms with Crippen LogP contribution in [0.1, 0.15) is 43.4 Å². The summed E-state index contributed by atoms with van der Waals surface area (Å²) >= 11 is 0. The van der Waals surface area contributed by atoms with Gasteiger partial charge < -0.3 is 9.32 Å². The van der Waals surface area contributed by atoms with Gasteiger partial charge in [-0.3, -0.25) is 4.79 Å². The minimum atomic E-state index is -0.0770. The van der Waals surface area contributed by atoms with Crippen molar-refractivity contribution in [1.82, 2.24) is 4.90 Å². The molecule has 0 N–H and O–H groups in total. The van der Waals surface area contributed by atoms with E-state index in [1.54, 1.807) is 6.26 Å². The molecule has 4 rings (SSSR count). The van der Waals surface area contributed by atoms with Gasteiger partial charge in [-0.05, 0) is 30.9 Å². The molecule has 0 radical (unpaired) electrons. The van der Waals surface area contributed by atoms with Crippen molar-refractivity contribution in [3.05, 3.63) is 29.9 Å². The number of fused-ring (bicyclic) bond motifs is 1. The largest absolute Gasteiger partial charge is 0.465 e. The molecule has 0 aromatic carbocycles. The standard InChI is InChI=1S/C14H15NO2/c16-13-9-10-3-1-2-6-14(10)11-5-8-17-12(11)4-7-15(13)14/h4-5,7-8,10H,1-3,6,9H2/t10-,14-/m0/s1. The fraction of sp³-hybridized carbons (Fsp3) is 0.500. The van der Waals surface area contributed by atoms with Gasteiger partial charge in [0.1, 0.15) is 5.76 Å². The lowest BCUT2D eigenvalue weighted by Crippen LogP contribution is -2.46. The van der Waals surface area contributed by atoms with Crippen molar-refractivity contribution >= 4 is 12.0 Å². The summed E-state index contributed by atoms with van der Waals surface area (Å²) in [7, 11) is 0. The van der Waals surface area contributed by atoms with E-state index in [1.807, 2.05) is 17.2 Å². The van der Waals surface area contributed by atoms with Crippen LogP contribution in [-0.4, -0.2) is 10.8 Å². The first kappa shape index (κ1) is 9.51. The molecule has 1 spiro atoms. The molecule has 1 saturated carbocycles. The van der Waals surface area contributed by atoms with Crippen LogP contribution in [0.15, 0.2) is 22.9 Å². The van der Waals surface area contributed by atoms with Crippen LogP contribution in [0.4, 0.5) is 0 Å². The van der Waals surface area contributed by atoms with Crippen LogP contribution in [0.2, 0.25) is 0 Å². The molecular formula is C14H15NO2. The third-order valence-corrected chi connectivity index (χ3v) is 4.69. The Hall–Kier alpha value is -1.51. The van der Waals surface area contributed by atoms with Crippen molar-refractivity contribution in [2.75, 3.05) is 0 Å². The first-order valence-corrected chi connectivity index (χ1v) is 6.41. The highest BCUT2D eigenvalue weighted by atomic mass is 16.3. The molecule has 1 aliphatic carbocycles. The molecule has 88 valence electrons. The van der Waals surface area contributed by atoms with E-state index in [2.05, 4.69) is 6.07 Å². The van der Waals surface area contributed by atoms with E-state index in [0.717, 1.165) is 12.2 Å². The van der Waals surface area contributed by atoms with Crippen LogP contribution in [0.25, 0.3) is 6.08 Å². The molecule has 2 fully saturated rings. The van der Waals surface area contributed by atoms with Crippen LogP contribution in [0.5, 0.6) is 0 Å². The van der Waals surface area contributed by atoms with Gasteiger partial charge in [0.25, 0.3) is 0 Å². The average molecular weight is 229 g/mol. The Balaban J connectivity index is 1.96. The predicted octanol–water partition coefficient (Wildman–Crippen LogP) is 2.88. The maximum Gasteiger partial charge on any atom is 0.227 e. The van der Waals surface area contributed by atoms with Gasteiger partial charge in [0.2, 0.25) is 5.91 Å². The van der Waals surface area contributed by atoms with Gasteiger partial charge in [0.15, 0.2) is 0 Å². The summed E-state index contributed by atoms with van der Waals surface area (Å²) in [5.41, 5.74) is 1.16. The number of carbonyl (C=O) groups excluding carboxylic acids is 1. The number of amides is 1. The van der Waals surface area contributed by atoms with Crippen molar-refractivity contribution in [3.63, 3.8) is 0 Å². The fourth-order valence-corrected chi connectivity index (χ4v) is 4.00. The third-order valence-electron chi connectivity index (χ3n) is 4.69. The number of furan rings is 1. The summed E-state index contributed by atoms with van der Waals surface area (Å²) < 4.78 is 5.52. The van der Waals surface area contributed by atoms with Gasteiger partial charge in [0, 0.05) is 18.2 Å². The quantitative estimate of drug-likeness (QED) is 0.685. The van der Waals surface area contributed by atoms with E-state index < -0.39 is 0 Å². The van der Waals surface area contributed by atoms with Gasteiger partial charge in [0.05, 0.1) is 11.8 Å². The van der Waals surface area contributed by atoms with Gasteiger partial charge >= 0.3 is 0 Å². The normalized spacial score (nSPS) is 34.5. The van der Waals surface area contributed by atoms with E-state index >= 15 is 0 Å². The Morgan fingerprint density at radius 1 is 1.41 bits per heavy atom. The second-order valence-electron chi connectivity index (χ2n) is 5.35. The molecule has 1 amide bonds. The molecule has 0 bridgehead atoms. The smallest absolute Gasteiger partial charge is 0.227 e. The second kappa shape index (κ2) is 3.03. The maximum atomic E-state index is 12.1. The van der Waals surface area contributed by atoms with Crippen LogP contribution in [-0.2, 0) is 10.3 Å². The molecule has 1 saturated heterocycles. The summed E-state index contributed by atoms with van der Waals surface area (Å²) in [6.07, 6.45) is 11.0. The van der Waals surface area contributed by atoms with Crippen LogP contribution in [0.3, 0.4) is 0 Å². The molecule has 3 heteroatoms. The molecule has 2 atom stereocenters. The Labute approximate surface area is 100 Å². The fourth-order valence-electron chi connectivity index (χ4n) is 4.00. The van der Waals surface area contributed by atoms with Gasteiger partial charge in [-0.1, -0.05) is 12.8 Å². The SMILES string of the molecule is O=C1C[C@@H]2CCCC[C@@]23c2ccoc2C=CN13. The summed E-state index contributed by atoms with van der Waals surface area (Å²) in [4.78, 5) is 14.1. The van der Waals surface area contributed by atoms with E-state index in [1.165, 1.54) is 24.8 Å². The highest BCUT2D eigenvalue weighted by molar-refractivity contribution is 5.84. The lowest BCUT2D eigenvalue weighted by molar-refractivity contribution is -0.128. The lowest BCUT2D eigenvalue weighted by Gasteiger charge is -2.45. The number of carbonyl (C=O) groups is 1. The topological polar surface area (TPSA) is 33.5 Å². The zero-order valence-corrected chi connectivity index (χ0v) is 9.69. The van der Waals surface area contributed by atoms with Crippen molar-refractivity contribution in [2.45, 2.75) is 37.6 Å². The molecule has 17 heavy (non-hydrogen) atoms. The molecule has 3 aliphatic rings. The number of hydrogen-bond acceptors (Lipinski definition) is 2. The van der Waals surface area contributed by atoms with Crippen molar-refractivity contribution < 1.29 is 9.21 Å². The molecule has 0 unspecified atom stereocenters. The van der Waals surface area contributed by atoms with Crippen molar-refractivity contribution in [3.8, 4) is 0 Å². The van der Waals surface area contributed by atoms with Crippen LogP contribution in [0, 0.1) is 5.92 Å². The Bertz CT molecular complexity index is 516. The zero-order chi connectivity index (χ0) is 11.5. The molecule has 2 aliphatic heterocycles. The molecule has 3 heterocycles. The summed E-state index contributed by atoms with van der Waals surface area (Å²) in [6, 6.07) is 2.06. The Morgan fingerprint density at radius 2 is 2.35 bits per heavy atom. The van der Waals surface area contributed by atoms with Gasteiger partial charge in [-0.25, -0.2) is 0 Å². The lowest BCUT2D eigenvalue weighted by atomic mass is 9.69. The highest BCUT2D eigenvalue weighted by Crippen LogP contribution is 2.55. The second-order valence-corrected chi connectivity index (χ2v) is 5.35. The van der Waals surface area contributed by atoms with E-state index in [4.69, 9.17) is 4.42 Å². The van der Waals surface area contributed by atoms with E-state index in [0.29, 0.717) is 12.3 Å². The summed E-state index contributed by atoms with van der Waals surface area (Å²) in [5, 5.41) is 0. The monoisotopic (exact) mass is 229 g/mol. The van der Waals surface area contributed by atoms with E-state index in [9.17, 15) is 4.79 Å². The molecule has 1 aromatic rings. The van der Waals surface area contributed by atoms with E-state index in [-0.39, 0.29) is 11.4 Å². The Morgan fingerprint density at radius 3 is 3.29 bits per heavy atom. The van der Waals surface area contributed by atoms with Gasteiger partial charge in [-0.15, -0.1) is 0 Å². The molecule has 1 aromatic heterocycles. The minimum Gasteiger partial charge on any atom is -0.465 e. The van der Waals surface area contributed by atoms with Crippen molar-refractivity contribution in [1.29, 1.82) is 0 Å². The zero-order valence-electron chi connectivity index (χ0n) is 9.69. The highest BCUT2D eigenvalue weighted by Gasteiger charge is 2.56. The summed E-state index contributed by atoms with van der Waals surface area (Å²) in [5.74, 6) is 1.70. The summed E-state index contributed by atoms with van der Waals surface area (Å²) in [6.45, 7) is 0. The number of nitrogens with zero attached hydrogens (tertiary/aromatic N) is 1. The van der Waals surface area contributed by atoms with Crippen molar-refractivity contribution in [2.24, 2.45) is 5.92 Å². The van der Waals surface area contributed by atoms with Crippen LogP contribution >= 0.6 is 0 Å². The predicted molar refractivity (Wildman–Crippen MR) is 62.8 cm³/mol.